The Morgan fingerprint density at radius 1 is 1.11 bits per heavy atom. The van der Waals surface area contributed by atoms with E-state index < -0.39 is 12.2 Å². The van der Waals surface area contributed by atoms with Crippen LogP contribution in [0.4, 0.5) is 8.78 Å². The molecule has 3 aromatic carbocycles. The van der Waals surface area contributed by atoms with Gasteiger partial charge in [0.2, 0.25) is 0 Å². The predicted molar refractivity (Wildman–Crippen MR) is 137 cm³/mol. The van der Waals surface area contributed by atoms with Crippen LogP contribution >= 0.6 is 0 Å². The van der Waals surface area contributed by atoms with Gasteiger partial charge in [0, 0.05) is 29.6 Å². The van der Waals surface area contributed by atoms with Crippen LogP contribution in [0.2, 0.25) is 0 Å². The fourth-order valence-electron chi connectivity index (χ4n) is 6.38. The number of nitrogens with two attached hydrogens (primary N) is 1. The van der Waals surface area contributed by atoms with E-state index in [1.54, 1.807) is 12.1 Å². The average Bonchev–Trinajstić information content (AvgIpc) is 3.35. The molecule has 7 rings (SSSR count). The molecule has 3 aliphatic heterocycles. The summed E-state index contributed by atoms with van der Waals surface area (Å²) in [6, 6.07) is 17.9. The fraction of sp³-hybridized carbons (Fsp3) is 0.345. The highest BCUT2D eigenvalue weighted by Gasteiger charge is 2.42. The van der Waals surface area contributed by atoms with E-state index in [9.17, 15) is 8.78 Å². The Balaban J connectivity index is 1.38. The van der Waals surface area contributed by atoms with Gasteiger partial charge in [-0.3, -0.25) is 4.90 Å². The first kappa shape index (κ1) is 22.7. The minimum atomic E-state index is -2.88. The molecule has 2 N–H and O–H groups in total. The third kappa shape index (κ3) is 3.46. The summed E-state index contributed by atoms with van der Waals surface area (Å²) >= 11 is 0. The van der Waals surface area contributed by atoms with Crippen molar-refractivity contribution in [3.05, 3.63) is 77.1 Å². The molecule has 0 spiro atoms. The molecular weight excluding hydrogens is 474 g/mol. The van der Waals surface area contributed by atoms with Crippen LogP contribution in [0.3, 0.4) is 0 Å². The number of halogens is 2. The zero-order valence-corrected chi connectivity index (χ0v) is 20.7. The van der Waals surface area contributed by atoms with E-state index >= 15 is 0 Å². The summed E-state index contributed by atoms with van der Waals surface area (Å²) in [5.41, 5.74) is 12.9. The van der Waals surface area contributed by atoms with Crippen LogP contribution < -0.4 is 15.2 Å². The van der Waals surface area contributed by atoms with Crippen LogP contribution in [0.15, 0.2) is 54.6 Å². The molecule has 6 nitrogen and oxygen atoms in total. The van der Waals surface area contributed by atoms with Gasteiger partial charge in [-0.2, -0.15) is 8.78 Å². The molecule has 3 atom stereocenters. The van der Waals surface area contributed by atoms with Crippen LogP contribution in [0.25, 0.3) is 22.2 Å². The van der Waals surface area contributed by atoms with Crippen molar-refractivity contribution in [2.45, 2.75) is 50.5 Å². The molecule has 3 aliphatic rings. The standard InChI is InChI=1S/C29H28F2N4O2/c1-29(32)10-11-36-25-13-17(6-8-19(25)29)16-7-9-20-21(12-16)35-22-14-23(27(35)33-20)34(2)15-18-4-3-5-24(26(18)22)37-28(30)31/h3-9,12-13,22-23,28H,10-11,14-15,32H2,1-2H3/t22-,23-,29?/m1/s1. The number of imidazole rings is 1. The second-order valence-corrected chi connectivity index (χ2v) is 10.7. The van der Waals surface area contributed by atoms with E-state index in [1.165, 1.54) is 0 Å². The maximum absolute atomic E-state index is 13.3. The molecule has 0 radical (unpaired) electrons. The number of nitrogens with zero attached hydrogens (tertiary/aromatic N) is 3. The summed E-state index contributed by atoms with van der Waals surface area (Å²) < 4.78 is 39.9. The van der Waals surface area contributed by atoms with Crippen molar-refractivity contribution in [2.75, 3.05) is 13.7 Å². The van der Waals surface area contributed by atoms with E-state index in [1.807, 2.05) is 19.1 Å². The summed E-state index contributed by atoms with van der Waals surface area (Å²) in [4.78, 5) is 7.26. The zero-order chi connectivity index (χ0) is 25.5. The first-order chi connectivity index (χ1) is 17.8. The highest BCUT2D eigenvalue weighted by molar-refractivity contribution is 5.84. The molecule has 0 saturated heterocycles. The molecule has 0 amide bonds. The molecule has 37 heavy (non-hydrogen) atoms. The highest BCUT2D eigenvalue weighted by atomic mass is 19.3. The van der Waals surface area contributed by atoms with Gasteiger partial charge in [0.1, 0.15) is 17.3 Å². The smallest absolute Gasteiger partial charge is 0.387 e. The molecule has 2 bridgehead atoms. The fourth-order valence-corrected chi connectivity index (χ4v) is 6.38. The van der Waals surface area contributed by atoms with Gasteiger partial charge in [-0.15, -0.1) is 0 Å². The molecule has 0 fully saturated rings. The van der Waals surface area contributed by atoms with E-state index in [4.69, 9.17) is 20.2 Å². The molecule has 0 saturated carbocycles. The van der Waals surface area contributed by atoms with Crippen LogP contribution in [-0.2, 0) is 12.1 Å². The van der Waals surface area contributed by atoms with Crippen molar-refractivity contribution in [3.63, 3.8) is 0 Å². The van der Waals surface area contributed by atoms with Crippen molar-refractivity contribution >= 4 is 11.0 Å². The molecule has 1 aromatic heterocycles. The number of ether oxygens (including phenoxy) is 2. The van der Waals surface area contributed by atoms with Gasteiger partial charge in [0.25, 0.3) is 0 Å². The van der Waals surface area contributed by atoms with Crippen molar-refractivity contribution in [1.82, 2.24) is 14.5 Å². The number of alkyl halides is 2. The normalized spacial score (nSPS) is 24.4. The van der Waals surface area contributed by atoms with Gasteiger partial charge in [0.05, 0.1) is 29.7 Å². The minimum absolute atomic E-state index is 0.0898. The number of fused-ring (bicyclic) bond motifs is 10. The zero-order valence-electron chi connectivity index (χ0n) is 20.7. The predicted octanol–water partition coefficient (Wildman–Crippen LogP) is 5.74. The quantitative estimate of drug-likeness (QED) is 0.387. The molecule has 1 unspecified atom stereocenters. The van der Waals surface area contributed by atoms with E-state index in [0.29, 0.717) is 13.2 Å². The number of hydrogen-bond acceptors (Lipinski definition) is 5. The summed E-state index contributed by atoms with van der Waals surface area (Å²) in [7, 11) is 2.07. The molecule has 190 valence electrons. The summed E-state index contributed by atoms with van der Waals surface area (Å²) in [6.45, 7) is 0.409. The third-order valence-corrected chi connectivity index (χ3v) is 8.24. The van der Waals surface area contributed by atoms with Gasteiger partial charge in [-0.05, 0) is 61.3 Å². The van der Waals surface area contributed by atoms with Crippen molar-refractivity contribution in [2.24, 2.45) is 5.73 Å². The van der Waals surface area contributed by atoms with Crippen LogP contribution in [0.1, 0.15) is 54.4 Å². The number of aromatic nitrogens is 2. The van der Waals surface area contributed by atoms with E-state index in [2.05, 4.69) is 46.8 Å². The Morgan fingerprint density at radius 2 is 1.92 bits per heavy atom. The Labute approximate surface area is 213 Å². The van der Waals surface area contributed by atoms with Gasteiger partial charge in [-0.25, -0.2) is 4.98 Å². The minimum Gasteiger partial charge on any atom is -0.493 e. The maximum atomic E-state index is 13.3. The topological polar surface area (TPSA) is 65.5 Å². The van der Waals surface area contributed by atoms with E-state index in [-0.39, 0.29) is 17.8 Å². The van der Waals surface area contributed by atoms with Gasteiger partial charge < -0.3 is 19.8 Å². The summed E-state index contributed by atoms with van der Waals surface area (Å²) in [5, 5.41) is 0. The lowest BCUT2D eigenvalue weighted by Crippen LogP contribution is -2.38. The SMILES string of the molecule is CN1Cc2cccc(OC(F)F)c2[C@H]2C[C@@H]1c1nc3ccc(-c4ccc5c(c4)OCCC5(C)N)cc3n12. The Hall–Kier alpha value is -3.49. The maximum Gasteiger partial charge on any atom is 0.387 e. The lowest BCUT2D eigenvalue weighted by atomic mass is 9.86. The average molecular weight is 503 g/mol. The highest BCUT2D eigenvalue weighted by Crippen LogP contribution is 2.50. The summed E-state index contributed by atoms with van der Waals surface area (Å²) in [5.74, 6) is 2.03. The monoisotopic (exact) mass is 502 g/mol. The van der Waals surface area contributed by atoms with Gasteiger partial charge in [-0.1, -0.05) is 30.3 Å². The van der Waals surface area contributed by atoms with Crippen molar-refractivity contribution in [1.29, 1.82) is 0 Å². The van der Waals surface area contributed by atoms with Crippen molar-refractivity contribution < 1.29 is 18.3 Å². The number of hydrogen-bond donors (Lipinski definition) is 1. The van der Waals surface area contributed by atoms with E-state index in [0.717, 1.165) is 63.3 Å². The third-order valence-electron chi connectivity index (χ3n) is 8.24. The second kappa shape index (κ2) is 8.00. The van der Waals surface area contributed by atoms with Crippen molar-refractivity contribution in [3.8, 4) is 22.6 Å². The van der Waals surface area contributed by atoms with Crippen LogP contribution in [0.5, 0.6) is 11.5 Å². The lowest BCUT2D eigenvalue weighted by Gasteiger charge is -2.32. The first-order valence-electron chi connectivity index (χ1n) is 12.7. The molecule has 4 aromatic rings. The first-order valence-corrected chi connectivity index (χ1v) is 12.7. The largest absolute Gasteiger partial charge is 0.493 e. The number of rotatable bonds is 3. The molecular formula is C29H28F2N4O2. The van der Waals surface area contributed by atoms with Crippen LogP contribution in [0, 0.1) is 0 Å². The lowest BCUT2D eigenvalue weighted by molar-refractivity contribution is -0.0507. The molecule has 0 aliphatic carbocycles. The van der Waals surface area contributed by atoms with Crippen LogP contribution in [-0.4, -0.2) is 34.7 Å². The Morgan fingerprint density at radius 3 is 2.76 bits per heavy atom. The molecule has 4 heterocycles. The molecule has 8 heteroatoms. The van der Waals surface area contributed by atoms with Gasteiger partial charge >= 0.3 is 6.61 Å². The Kier molecular flexibility index (Phi) is 4.91. The second-order valence-electron chi connectivity index (χ2n) is 10.7. The number of benzene rings is 3. The van der Waals surface area contributed by atoms with Gasteiger partial charge in [0.15, 0.2) is 0 Å². The Bertz CT molecular complexity index is 1550. The summed E-state index contributed by atoms with van der Waals surface area (Å²) in [6.07, 6.45) is 1.54.